The zero-order valence-electron chi connectivity index (χ0n) is 15.3. The summed E-state index contributed by atoms with van der Waals surface area (Å²) >= 11 is 0. The van der Waals surface area contributed by atoms with Crippen molar-refractivity contribution in [1.29, 1.82) is 0 Å². The van der Waals surface area contributed by atoms with E-state index in [9.17, 15) is 4.39 Å². The topological polar surface area (TPSA) is 30.7 Å². The molecule has 0 amide bonds. The third-order valence-corrected chi connectivity index (χ3v) is 4.55. The van der Waals surface area contributed by atoms with Crippen LogP contribution >= 0.6 is 0 Å². The second-order valence-corrected chi connectivity index (χ2v) is 6.77. The smallest absolute Gasteiger partial charge is 0.168 e. The van der Waals surface area contributed by atoms with Gasteiger partial charge in [0.25, 0.3) is 0 Å². The summed E-state index contributed by atoms with van der Waals surface area (Å²) in [4.78, 5) is 0. The first kappa shape index (κ1) is 17.2. The summed E-state index contributed by atoms with van der Waals surface area (Å²) in [5, 5.41) is 8.71. The highest BCUT2D eigenvalue weighted by Gasteiger charge is 2.19. The molecule has 0 unspecified atom stereocenters. The van der Waals surface area contributed by atoms with Crippen molar-refractivity contribution in [3.05, 3.63) is 90.5 Å². The molecule has 4 aromatic rings. The Balaban J connectivity index is 1.82. The van der Waals surface area contributed by atoms with Crippen LogP contribution in [0.3, 0.4) is 0 Å². The summed E-state index contributed by atoms with van der Waals surface area (Å²) in [6.07, 6.45) is 0. The Morgan fingerprint density at radius 1 is 0.704 bits per heavy atom. The van der Waals surface area contributed by atoms with Crippen LogP contribution in [0.5, 0.6) is 0 Å². The van der Waals surface area contributed by atoms with Gasteiger partial charge in [0.2, 0.25) is 0 Å². The van der Waals surface area contributed by atoms with Gasteiger partial charge >= 0.3 is 0 Å². The van der Waals surface area contributed by atoms with Crippen LogP contribution in [0.2, 0.25) is 0 Å². The quantitative estimate of drug-likeness (QED) is 0.458. The lowest BCUT2D eigenvalue weighted by Crippen LogP contribution is -2.06. The lowest BCUT2D eigenvalue weighted by Gasteiger charge is -2.13. The lowest BCUT2D eigenvalue weighted by molar-refractivity contribution is 0.612. The highest BCUT2D eigenvalue weighted by molar-refractivity contribution is 5.68. The van der Waals surface area contributed by atoms with Gasteiger partial charge in [-0.15, -0.1) is 10.2 Å². The minimum atomic E-state index is -0.290. The van der Waals surface area contributed by atoms with Crippen molar-refractivity contribution in [2.24, 2.45) is 0 Å². The molecule has 27 heavy (non-hydrogen) atoms. The highest BCUT2D eigenvalue weighted by Crippen LogP contribution is 2.29. The van der Waals surface area contributed by atoms with Crippen molar-refractivity contribution >= 4 is 0 Å². The van der Waals surface area contributed by atoms with Gasteiger partial charge < -0.3 is 0 Å². The van der Waals surface area contributed by atoms with Crippen LogP contribution in [0.15, 0.2) is 78.9 Å². The van der Waals surface area contributed by atoms with Gasteiger partial charge in [-0.2, -0.15) is 0 Å². The van der Waals surface area contributed by atoms with E-state index in [0.717, 1.165) is 22.5 Å². The summed E-state index contributed by atoms with van der Waals surface area (Å²) in [7, 11) is 0. The minimum Gasteiger partial charge on any atom is -0.276 e. The number of hydrogen-bond donors (Lipinski definition) is 0. The Morgan fingerprint density at radius 2 is 1.30 bits per heavy atom. The average molecular weight is 357 g/mol. The van der Waals surface area contributed by atoms with Gasteiger partial charge in [0.1, 0.15) is 11.6 Å². The zero-order chi connectivity index (χ0) is 18.8. The Hall–Kier alpha value is -3.27. The average Bonchev–Trinajstić information content (AvgIpc) is 3.14. The third kappa shape index (κ3) is 3.26. The molecule has 0 radical (unpaired) electrons. The van der Waals surface area contributed by atoms with Crippen LogP contribution in [-0.2, 0) is 0 Å². The van der Waals surface area contributed by atoms with E-state index in [0.29, 0.717) is 11.5 Å². The Bertz CT molecular complexity index is 1050. The number of aromatic nitrogens is 3. The first-order chi connectivity index (χ1) is 13.1. The normalized spacial score (nSPS) is 11.1. The first-order valence-electron chi connectivity index (χ1n) is 9.01. The summed E-state index contributed by atoms with van der Waals surface area (Å²) in [6, 6.07) is 25.1. The summed E-state index contributed by atoms with van der Waals surface area (Å²) in [5.74, 6) is 1.21. The van der Waals surface area contributed by atoms with Gasteiger partial charge in [-0.25, -0.2) is 4.39 Å². The van der Waals surface area contributed by atoms with E-state index in [4.69, 9.17) is 0 Å². The molecule has 0 spiro atoms. The van der Waals surface area contributed by atoms with Crippen LogP contribution in [0.25, 0.3) is 28.2 Å². The molecule has 0 N–H and O–H groups in total. The number of rotatable bonds is 4. The third-order valence-electron chi connectivity index (χ3n) is 4.55. The number of hydrogen-bond acceptors (Lipinski definition) is 2. The van der Waals surface area contributed by atoms with Gasteiger partial charge in [-0.3, -0.25) is 4.57 Å². The maximum atomic E-state index is 14.5. The van der Waals surface area contributed by atoms with Gasteiger partial charge in [0.15, 0.2) is 5.82 Å². The van der Waals surface area contributed by atoms with Crippen molar-refractivity contribution in [2.45, 2.75) is 19.8 Å². The van der Waals surface area contributed by atoms with Gasteiger partial charge in [0, 0.05) is 11.5 Å². The molecule has 3 aromatic carbocycles. The highest BCUT2D eigenvalue weighted by atomic mass is 19.1. The molecule has 0 aliphatic heterocycles. The minimum absolute atomic E-state index is 0.120. The molecule has 0 saturated carbocycles. The molecule has 3 nitrogen and oxygen atoms in total. The molecule has 4 rings (SSSR count). The van der Waals surface area contributed by atoms with Crippen LogP contribution in [0.4, 0.5) is 4.39 Å². The molecule has 0 aliphatic rings. The molecule has 0 saturated heterocycles. The molecular weight excluding hydrogens is 337 g/mol. The largest absolute Gasteiger partial charge is 0.276 e. The van der Waals surface area contributed by atoms with Crippen molar-refractivity contribution in [1.82, 2.24) is 14.8 Å². The van der Waals surface area contributed by atoms with Gasteiger partial charge in [0.05, 0.1) is 5.69 Å². The standard InChI is InChI=1S/C23H20FN3/c1-16(2)22-25-26-23(27(22)21-11-7-6-10-20(21)24)19-14-12-18(13-15-19)17-8-4-3-5-9-17/h3-16H,1-2H3. The molecular formula is C23H20FN3. The second kappa shape index (κ2) is 7.16. The number of halogens is 1. The Kier molecular flexibility index (Phi) is 4.55. The predicted molar refractivity (Wildman–Crippen MR) is 106 cm³/mol. The second-order valence-electron chi connectivity index (χ2n) is 6.77. The van der Waals surface area contributed by atoms with Crippen LogP contribution < -0.4 is 0 Å². The number of nitrogens with zero attached hydrogens (tertiary/aromatic N) is 3. The molecule has 1 aromatic heterocycles. The van der Waals surface area contributed by atoms with E-state index >= 15 is 0 Å². The van der Waals surface area contributed by atoms with Crippen molar-refractivity contribution in [2.75, 3.05) is 0 Å². The van der Waals surface area contributed by atoms with E-state index in [-0.39, 0.29) is 11.7 Å². The van der Waals surface area contributed by atoms with E-state index in [1.54, 1.807) is 12.1 Å². The monoisotopic (exact) mass is 357 g/mol. The molecule has 4 heteroatoms. The zero-order valence-corrected chi connectivity index (χ0v) is 15.3. The molecule has 0 aliphatic carbocycles. The van der Waals surface area contributed by atoms with Crippen molar-refractivity contribution in [3.63, 3.8) is 0 Å². The number of para-hydroxylation sites is 1. The number of benzene rings is 3. The van der Waals surface area contributed by atoms with E-state index < -0.39 is 0 Å². The fourth-order valence-electron chi connectivity index (χ4n) is 3.17. The Labute approximate surface area is 158 Å². The molecule has 0 fully saturated rings. The van der Waals surface area contributed by atoms with Gasteiger partial charge in [-0.1, -0.05) is 80.6 Å². The van der Waals surface area contributed by atoms with Crippen LogP contribution in [-0.4, -0.2) is 14.8 Å². The summed E-state index contributed by atoms with van der Waals surface area (Å²) < 4.78 is 16.3. The van der Waals surface area contributed by atoms with Crippen molar-refractivity contribution in [3.8, 4) is 28.2 Å². The molecule has 0 atom stereocenters. The molecule has 1 heterocycles. The fraction of sp³-hybridized carbons (Fsp3) is 0.130. The molecule has 0 bridgehead atoms. The van der Waals surface area contributed by atoms with E-state index in [1.165, 1.54) is 6.07 Å². The van der Waals surface area contributed by atoms with E-state index in [2.05, 4.69) is 34.5 Å². The fourth-order valence-corrected chi connectivity index (χ4v) is 3.17. The SMILES string of the molecule is CC(C)c1nnc(-c2ccc(-c3ccccc3)cc2)n1-c1ccccc1F. The van der Waals surface area contributed by atoms with Crippen LogP contribution in [0.1, 0.15) is 25.6 Å². The first-order valence-corrected chi connectivity index (χ1v) is 9.01. The van der Waals surface area contributed by atoms with Gasteiger partial charge in [-0.05, 0) is 23.3 Å². The Morgan fingerprint density at radius 3 is 1.96 bits per heavy atom. The van der Waals surface area contributed by atoms with Crippen molar-refractivity contribution < 1.29 is 4.39 Å². The summed E-state index contributed by atoms with van der Waals surface area (Å²) in [6.45, 7) is 4.06. The van der Waals surface area contributed by atoms with Crippen LogP contribution in [0, 0.1) is 5.82 Å². The molecule has 134 valence electrons. The van der Waals surface area contributed by atoms with E-state index in [1.807, 2.05) is 54.8 Å². The lowest BCUT2D eigenvalue weighted by atomic mass is 10.0. The summed E-state index contributed by atoms with van der Waals surface area (Å²) in [5.41, 5.74) is 3.65. The predicted octanol–water partition coefficient (Wildman–Crippen LogP) is 5.86. The maximum absolute atomic E-state index is 14.5. The maximum Gasteiger partial charge on any atom is 0.168 e.